The van der Waals surface area contributed by atoms with Crippen molar-refractivity contribution in [2.24, 2.45) is 0 Å². The molecule has 0 spiro atoms. The van der Waals surface area contributed by atoms with E-state index in [1.807, 2.05) is 0 Å². The van der Waals surface area contributed by atoms with Gasteiger partial charge in [-0.2, -0.15) is 0 Å². The van der Waals surface area contributed by atoms with Gasteiger partial charge in [0.15, 0.2) is 0 Å². The second-order valence-electron chi connectivity index (χ2n) is 0. The van der Waals surface area contributed by atoms with Gasteiger partial charge < -0.3 is 0 Å². The van der Waals surface area contributed by atoms with Gasteiger partial charge in [0.25, 0.3) is 0 Å². The molecule has 0 aliphatic heterocycles. The Labute approximate surface area is 105 Å². The summed E-state index contributed by atoms with van der Waals surface area (Å²) in [6.45, 7) is 0. The molecule has 0 N–H and O–H groups in total. The Bertz CT molecular complexity index is 3.25. The van der Waals surface area contributed by atoms with E-state index < -0.39 is 0 Å². The van der Waals surface area contributed by atoms with Crippen LogP contribution in [0.25, 0.3) is 0 Å². The molecule has 0 saturated carbocycles. The van der Waals surface area contributed by atoms with Crippen LogP contribution in [0, 0.1) is 38.6 Å². The first-order chi connectivity index (χ1) is 0. The predicted molar refractivity (Wildman–Crippen MR) is 17.3 cm³/mol. The third-order valence-electron chi connectivity index (χ3n) is 0. The van der Waals surface area contributed by atoms with Gasteiger partial charge in [0.05, 0.1) is 0 Å². The third kappa shape index (κ3) is 9.14. The van der Waals surface area contributed by atoms with Gasteiger partial charge in [0.2, 0.25) is 0 Å². The molecule has 7 radical (unpaired) electrons. The zero-order valence-electron chi connectivity index (χ0n) is 2.45. The van der Waals surface area contributed by atoms with Gasteiger partial charge in [-0.3, -0.25) is 0 Å². The van der Waals surface area contributed by atoms with Crippen LogP contribution in [0.3, 0.4) is 0 Å². The van der Waals surface area contributed by atoms with Gasteiger partial charge in [-0.1, -0.05) is 0 Å². The first-order valence-corrected chi connectivity index (χ1v) is 0. The van der Waals surface area contributed by atoms with Gasteiger partial charge in [0.1, 0.15) is 0 Å². The van der Waals surface area contributed by atoms with Crippen molar-refractivity contribution in [1.29, 1.82) is 0 Å². The molecule has 0 aromatic heterocycles. The summed E-state index contributed by atoms with van der Waals surface area (Å²) in [7, 11) is 0. The van der Waals surface area contributed by atoms with Crippen molar-refractivity contribution in [1.82, 2.24) is 0 Å². The summed E-state index contributed by atoms with van der Waals surface area (Å²) in [6, 6.07) is 0. The first kappa shape index (κ1) is 25.6. The van der Waals surface area contributed by atoms with E-state index in [1.54, 1.807) is 0 Å². The predicted octanol–water partition coefficient (Wildman–Crippen LogP) is -1.14. The smallest absolute Gasteiger partial charge is 0 e. The Balaban J connectivity index is 0. The average Bonchev–Trinajstić information content (AvgIpc) is 0. The third-order valence-corrected chi connectivity index (χ3v) is 0. The van der Waals surface area contributed by atoms with Crippen molar-refractivity contribution in [3.8, 4) is 0 Å². The topological polar surface area (TPSA) is 0 Å². The normalized spacial score (nSPS) is 0. The molecule has 0 aromatic carbocycles. The second-order valence-corrected chi connectivity index (χ2v) is 0. The van der Waals surface area contributed by atoms with E-state index in [9.17, 15) is 0 Å². The zero-order chi connectivity index (χ0) is 0. The van der Waals surface area contributed by atoms with Crippen LogP contribution >= 0.6 is 0 Å². The maximum atomic E-state index is 0. The van der Waals surface area contributed by atoms with E-state index in [0.29, 0.717) is 0 Å². The molecule has 0 bridgehead atoms. The first-order valence-electron chi connectivity index (χ1n) is 0. The quantitative estimate of drug-likeness (QED) is 0.463. The Hall–Kier alpha value is 3.58. The Morgan fingerprint density at radius 2 is 0.500 bits per heavy atom. The van der Waals surface area contributed by atoms with Crippen molar-refractivity contribution >= 4 is 69.2 Å². The van der Waals surface area contributed by atoms with Crippen LogP contribution < -0.4 is 0 Å². The summed E-state index contributed by atoms with van der Waals surface area (Å²) in [5, 5.41) is 0. The fourth-order valence-corrected chi connectivity index (χ4v) is 0. The van der Waals surface area contributed by atoms with Gasteiger partial charge in [-0.15, -0.1) is 0 Å². The molecule has 0 fully saturated rings. The largest absolute Gasteiger partial charge is 0 e. The molecule has 0 saturated heterocycles. The van der Waals surface area contributed by atoms with Crippen LogP contribution in [0.5, 0.6) is 0 Å². The minimum Gasteiger partial charge on any atom is 0 e. The summed E-state index contributed by atoms with van der Waals surface area (Å²) < 4.78 is 0. The molecular formula is Mg3Tb. The minimum absolute atomic E-state index is 0. The van der Waals surface area contributed by atoms with Crippen LogP contribution in [0.4, 0.5) is 0 Å². The van der Waals surface area contributed by atoms with Crippen LogP contribution in [0.15, 0.2) is 0 Å². The molecule has 4 heavy (non-hydrogen) atoms. The summed E-state index contributed by atoms with van der Waals surface area (Å²) >= 11 is 0. The van der Waals surface area contributed by atoms with Crippen LogP contribution in [0.2, 0.25) is 0 Å². The van der Waals surface area contributed by atoms with Crippen molar-refractivity contribution in [2.75, 3.05) is 0 Å². The van der Waals surface area contributed by atoms with Crippen LogP contribution in [-0.2, 0) is 0 Å². The molecule has 4 heteroatoms. The van der Waals surface area contributed by atoms with E-state index in [4.69, 9.17) is 0 Å². The molecule has 0 nitrogen and oxygen atoms in total. The number of hydrogen-bond acceptors (Lipinski definition) is 0. The second kappa shape index (κ2) is 16.0. The summed E-state index contributed by atoms with van der Waals surface area (Å²) in [5.74, 6) is 0. The van der Waals surface area contributed by atoms with E-state index in [2.05, 4.69) is 0 Å². The molecule has 0 heterocycles. The summed E-state index contributed by atoms with van der Waals surface area (Å²) in [5.41, 5.74) is 0. The molecule has 0 unspecified atom stereocenters. The maximum Gasteiger partial charge on any atom is 0 e. The Kier molecular flexibility index (Phi) is 102. The molecule has 0 atom stereocenters. The van der Waals surface area contributed by atoms with Gasteiger partial charge in [-0.05, 0) is 0 Å². The molecule has 0 rings (SSSR count). The number of rotatable bonds is 0. The Morgan fingerprint density at radius 3 is 0.500 bits per heavy atom. The van der Waals surface area contributed by atoms with Crippen molar-refractivity contribution < 1.29 is 38.6 Å². The standard InChI is InChI=1S/3Mg.Tb. The van der Waals surface area contributed by atoms with Gasteiger partial charge in [0, 0.05) is 108 Å². The van der Waals surface area contributed by atoms with Crippen molar-refractivity contribution in [3.05, 3.63) is 0 Å². The SMILES string of the molecule is [Mg].[Mg].[Mg].[Tb]. The van der Waals surface area contributed by atoms with Crippen LogP contribution in [0.1, 0.15) is 0 Å². The van der Waals surface area contributed by atoms with E-state index in [0.717, 1.165) is 0 Å². The fourth-order valence-electron chi connectivity index (χ4n) is 0. The number of hydrogen-bond donors (Lipinski definition) is 0. The summed E-state index contributed by atoms with van der Waals surface area (Å²) in [4.78, 5) is 0. The van der Waals surface area contributed by atoms with Crippen LogP contribution in [-0.4, -0.2) is 69.2 Å². The molecule has 0 aliphatic rings. The monoisotopic (exact) mass is 231 g/mol. The zero-order valence-corrected chi connectivity index (χ0v) is 8.84. The Morgan fingerprint density at radius 1 is 0.500 bits per heavy atom. The fraction of sp³-hybridized carbons (Fsp3) is 0. The summed E-state index contributed by atoms with van der Waals surface area (Å²) in [6.07, 6.45) is 0. The molecular weight excluding hydrogens is 232 g/mol. The molecule has 15 valence electrons. The molecule has 0 aromatic rings. The van der Waals surface area contributed by atoms with Gasteiger partial charge in [-0.25, -0.2) is 0 Å². The van der Waals surface area contributed by atoms with E-state index >= 15 is 0 Å². The average molecular weight is 232 g/mol. The van der Waals surface area contributed by atoms with Crippen molar-refractivity contribution in [3.63, 3.8) is 0 Å². The molecule has 0 aliphatic carbocycles. The molecule has 0 amide bonds. The van der Waals surface area contributed by atoms with E-state index in [1.165, 1.54) is 0 Å². The van der Waals surface area contributed by atoms with Gasteiger partial charge >= 0.3 is 0 Å². The maximum absolute atomic E-state index is 0. The minimum atomic E-state index is 0. The van der Waals surface area contributed by atoms with E-state index in [-0.39, 0.29) is 108 Å². The van der Waals surface area contributed by atoms with Crippen molar-refractivity contribution in [2.45, 2.75) is 0 Å².